The Bertz CT molecular complexity index is 467. The van der Waals surface area contributed by atoms with Gasteiger partial charge in [0.05, 0.1) is 19.6 Å². The van der Waals surface area contributed by atoms with Gasteiger partial charge in [-0.25, -0.2) is 0 Å². The first-order valence-electron chi connectivity index (χ1n) is 6.03. The third-order valence-electron chi connectivity index (χ3n) is 2.31. The van der Waals surface area contributed by atoms with Gasteiger partial charge < -0.3 is 15.2 Å². The van der Waals surface area contributed by atoms with Gasteiger partial charge in [0.1, 0.15) is 12.4 Å². The van der Waals surface area contributed by atoms with Crippen LogP contribution in [0.5, 0.6) is 5.75 Å². The minimum Gasteiger partial charge on any atom is -0.492 e. The lowest BCUT2D eigenvalue weighted by molar-refractivity contribution is -0.138. The lowest BCUT2D eigenvalue weighted by Crippen LogP contribution is -2.38. The Morgan fingerprint density at radius 3 is 2.80 bits per heavy atom. The molecule has 2 N–H and O–H groups in total. The highest BCUT2D eigenvalue weighted by Gasteiger charge is 2.08. The molecule has 0 saturated heterocycles. The molecule has 0 aromatic heterocycles. The molecule has 0 aliphatic heterocycles. The lowest BCUT2D eigenvalue weighted by Gasteiger charge is -2.13. The zero-order chi connectivity index (χ0) is 15.0. The zero-order valence-corrected chi connectivity index (χ0v) is 11.9. The Morgan fingerprint density at radius 1 is 1.40 bits per heavy atom. The van der Waals surface area contributed by atoms with Gasteiger partial charge in [-0.05, 0) is 25.2 Å². The molecule has 0 bridgehead atoms. The number of ether oxygens (including phenoxy) is 1. The van der Waals surface area contributed by atoms with Crippen molar-refractivity contribution >= 4 is 23.5 Å². The van der Waals surface area contributed by atoms with Crippen LogP contribution >= 0.6 is 11.6 Å². The Morgan fingerprint density at radius 2 is 2.15 bits per heavy atom. The molecular weight excluding hydrogens is 284 g/mol. The van der Waals surface area contributed by atoms with E-state index in [0.29, 0.717) is 23.9 Å². The van der Waals surface area contributed by atoms with E-state index in [1.165, 1.54) is 4.90 Å². The van der Waals surface area contributed by atoms with Gasteiger partial charge in [-0.3, -0.25) is 14.5 Å². The number of aliphatic carboxylic acids is 1. The number of benzene rings is 1. The second-order valence-corrected chi connectivity index (χ2v) is 4.66. The van der Waals surface area contributed by atoms with Gasteiger partial charge in [0.25, 0.3) is 0 Å². The average Bonchev–Trinajstić information content (AvgIpc) is 2.33. The molecule has 6 nitrogen and oxygen atoms in total. The van der Waals surface area contributed by atoms with Crippen LogP contribution in [0.25, 0.3) is 0 Å². The lowest BCUT2D eigenvalue weighted by atomic mass is 10.3. The number of halogens is 1. The summed E-state index contributed by atoms with van der Waals surface area (Å²) >= 11 is 5.80. The van der Waals surface area contributed by atoms with Crippen LogP contribution in [0.4, 0.5) is 0 Å². The van der Waals surface area contributed by atoms with Crippen molar-refractivity contribution in [3.05, 3.63) is 29.3 Å². The van der Waals surface area contributed by atoms with Gasteiger partial charge in [-0.1, -0.05) is 17.7 Å². The predicted molar refractivity (Wildman–Crippen MR) is 75.1 cm³/mol. The smallest absolute Gasteiger partial charge is 0.317 e. The third kappa shape index (κ3) is 6.96. The van der Waals surface area contributed by atoms with Gasteiger partial charge in [0.2, 0.25) is 5.91 Å². The molecule has 0 aliphatic carbocycles. The molecule has 0 heterocycles. The molecule has 110 valence electrons. The third-order valence-corrected chi connectivity index (χ3v) is 2.54. The SMILES string of the molecule is CN(CC(=O)O)CC(=O)NCCOc1cccc(Cl)c1. The number of carbonyl (C=O) groups excluding carboxylic acids is 1. The molecule has 1 aromatic rings. The van der Waals surface area contributed by atoms with Crippen LogP contribution in [0.15, 0.2) is 24.3 Å². The summed E-state index contributed by atoms with van der Waals surface area (Å²) in [5.74, 6) is -0.581. The van der Waals surface area contributed by atoms with Crippen molar-refractivity contribution in [3.63, 3.8) is 0 Å². The van der Waals surface area contributed by atoms with Crippen LogP contribution in [0.2, 0.25) is 5.02 Å². The van der Waals surface area contributed by atoms with Crippen molar-refractivity contribution in [2.45, 2.75) is 0 Å². The highest BCUT2D eigenvalue weighted by atomic mass is 35.5. The maximum Gasteiger partial charge on any atom is 0.317 e. The summed E-state index contributed by atoms with van der Waals surface area (Å²) in [7, 11) is 1.57. The highest BCUT2D eigenvalue weighted by Crippen LogP contribution is 2.16. The molecule has 0 radical (unpaired) electrons. The number of carbonyl (C=O) groups is 2. The Balaban J connectivity index is 2.17. The molecule has 0 spiro atoms. The summed E-state index contributed by atoms with van der Waals surface area (Å²) in [6.45, 7) is 0.511. The van der Waals surface area contributed by atoms with Crippen LogP contribution in [-0.2, 0) is 9.59 Å². The number of amides is 1. The summed E-state index contributed by atoms with van der Waals surface area (Å²) in [6, 6.07) is 6.98. The first-order valence-corrected chi connectivity index (χ1v) is 6.40. The topological polar surface area (TPSA) is 78.9 Å². The van der Waals surface area contributed by atoms with E-state index in [1.807, 2.05) is 0 Å². The van der Waals surface area contributed by atoms with E-state index in [2.05, 4.69) is 5.32 Å². The average molecular weight is 301 g/mol. The van der Waals surface area contributed by atoms with Crippen LogP contribution in [0.3, 0.4) is 0 Å². The summed E-state index contributed by atoms with van der Waals surface area (Å²) in [6.07, 6.45) is 0. The molecule has 0 atom stereocenters. The fourth-order valence-corrected chi connectivity index (χ4v) is 1.68. The Labute approximate surface area is 122 Å². The Kier molecular flexibility index (Phi) is 6.83. The predicted octanol–water partition coefficient (Wildman–Crippen LogP) is 0.851. The maximum absolute atomic E-state index is 11.5. The van der Waals surface area contributed by atoms with Crippen molar-refractivity contribution in [1.29, 1.82) is 0 Å². The fourth-order valence-electron chi connectivity index (χ4n) is 1.50. The highest BCUT2D eigenvalue weighted by molar-refractivity contribution is 6.30. The first-order chi connectivity index (χ1) is 9.47. The number of hydrogen-bond donors (Lipinski definition) is 2. The van der Waals surface area contributed by atoms with Crippen LogP contribution in [0, 0.1) is 0 Å². The van der Waals surface area contributed by atoms with E-state index in [-0.39, 0.29) is 19.0 Å². The summed E-state index contributed by atoms with van der Waals surface area (Å²) in [5, 5.41) is 11.8. The van der Waals surface area contributed by atoms with Crippen molar-refractivity contribution in [2.75, 3.05) is 33.3 Å². The molecule has 0 fully saturated rings. The van der Waals surface area contributed by atoms with Crippen LogP contribution in [-0.4, -0.2) is 55.2 Å². The minimum atomic E-state index is -0.968. The normalized spacial score (nSPS) is 10.3. The number of likely N-dealkylation sites (N-methyl/N-ethyl adjacent to an activating group) is 1. The molecular formula is C13H17ClN2O4. The van der Waals surface area contributed by atoms with Crippen LogP contribution in [0.1, 0.15) is 0 Å². The van der Waals surface area contributed by atoms with Crippen molar-refractivity contribution in [1.82, 2.24) is 10.2 Å². The Hall–Kier alpha value is -1.79. The largest absolute Gasteiger partial charge is 0.492 e. The standard InChI is InChI=1S/C13H17ClN2O4/c1-16(9-13(18)19)8-12(17)15-5-6-20-11-4-2-3-10(14)7-11/h2-4,7H,5-6,8-9H2,1H3,(H,15,17)(H,18,19). The molecule has 20 heavy (non-hydrogen) atoms. The monoisotopic (exact) mass is 300 g/mol. The van der Waals surface area contributed by atoms with Gasteiger partial charge in [-0.15, -0.1) is 0 Å². The fraction of sp³-hybridized carbons (Fsp3) is 0.385. The van der Waals surface area contributed by atoms with E-state index in [9.17, 15) is 9.59 Å². The molecule has 0 saturated carbocycles. The van der Waals surface area contributed by atoms with Gasteiger partial charge >= 0.3 is 5.97 Å². The van der Waals surface area contributed by atoms with Gasteiger partial charge in [0, 0.05) is 5.02 Å². The second-order valence-electron chi connectivity index (χ2n) is 4.22. The number of rotatable bonds is 8. The first kappa shape index (κ1) is 16.3. The second kappa shape index (κ2) is 8.39. The number of hydrogen-bond acceptors (Lipinski definition) is 4. The van der Waals surface area contributed by atoms with E-state index in [1.54, 1.807) is 31.3 Å². The van der Waals surface area contributed by atoms with Crippen molar-refractivity contribution in [2.24, 2.45) is 0 Å². The van der Waals surface area contributed by atoms with E-state index in [4.69, 9.17) is 21.4 Å². The number of carboxylic acids is 1. The minimum absolute atomic E-state index is 0.0312. The van der Waals surface area contributed by atoms with Crippen LogP contribution < -0.4 is 10.1 Å². The molecule has 0 unspecified atom stereocenters. The van der Waals surface area contributed by atoms with E-state index < -0.39 is 5.97 Å². The zero-order valence-electron chi connectivity index (χ0n) is 11.1. The maximum atomic E-state index is 11.5. The number of nitrogens with zero attached hydrogens (tertiary/aromatic N) is 1. The van der Waals surface area contributed by atoms with Gasteiger partial charge in [-0.2, -0.15) is 0 Å². The van der Waals surface area contributed by atoms with E-state index in [0.717, 1.165) is 0 Å². The quantitative estimate of drug-likeness (QED) is 0.696. The molecule has 0 aliphatic rings. The summed E-state index contributed by atoms with van der Waals surface area (Å²) < 4.78 is 5.40. The molecule has 7 heteroatoms. The molecule has 1 aromatic carbocycles. The van der Waals surface area contributed by atoms with Crippen molar-refractivity contribution in [3.8, 4) is 5.75 Å². The van der Waals surface area contributed by atoms with Gasteiger partial charge in [0.15, 0.2) is 0 Å². The molecule has 1 amide bonds. The number of carboxylic acid groups (broad SMARTS) is 1. The summed E-state index contributed by atoms with van der Waals surface area (Å²) in [4.78, 5) is 23.3. The molecule has 1 rings (SSSR count). The van der Waals surface area contributed by atoms with E-state index >= 15 is 0 Å². The summed E-state index contributed by atoms with van der Waals surface area (Å²) in [5.41, 5.74) is 0. The van der Waals surface area contributed by atoms with Crippen molar-refractivity contribution < 1.29 is 19.4 Å². The number of nitrogens with one attached hydrogen (secondary N) is 1.